The van der Waals surface area contributed by atoms with Crippen LogP contribution in [0.2, 0.25) is 0 Å². The van der Waals surface area contributed by atoms with Crippen molar-refractivity contribution in [3.05, 3.63) is 0 Å². The third-order valence-electron chi connectivity index (χ3n) is 3.01. The second-order valence-electron chi connectivity index (χ2n) is 3.50. The molecule has 0 amide bonds. The highest BCUT2D eigenvalue weighted by Crippen LogP contribution is 2.48. The molecule has 2 fully saturated rings. The van der Waals surface area contributed by atoms with Crippen LogP contribution in [0, 0.1) is 5.41 Å². The standard InChI is InChI=1S/C8H13BrO/c9-6-8-3-1-2-7(8)10-5-4-8/h7H,1-6H2/t7-,8-/m0/s1. The summed E-state index contributed by atoms with van der Waals surface area (Å²) in [6.45, 7) is 0.996. The number of fused-ring (bicyclic) bond motifs is 1. The summed E-state index contributed by atoms with van der Waals surface area (Å²) in [6, 6.07) is 0. The van der Waals surface area contributed by atoms with Crippen LogP contribution in [-0.4, -0.2) is 18.0 Å². The fourth-order valence-electron chi connectivity index (χ4n) is 2.28. The average Bonchev–Trinajstić information content (AvgIpc) is 2.42. The summed E-state index contributed by atoms with van der Waals surface area (Å²) in [5.74, 6) is 0. The van der Waals surface area contributed by atoms with E-state index in [4.69, 9.17) is 4.74 Å². The zero-order chi connectivity index (χ0) is 7.03. The van der Waals surface area contributed by atoms with Crippen molar-refractivity contribution < 1.29 is 4.74 Å². The largest absolute Gasteiger partial charge is 0.378 e. The first-order valence-corrected chi connectivity index (χ1v) is 5.17. The van der Waals surface area contributed by atoms with Crippen molar-refractivity contribution in [2.45, 2.75) is 31.8 Å². The predicted octanol–water partition coefficient (Wildman–Crippen LogP) is 2.34. The molecule has 2 heteroatoms. The van der Waals surface area contributed by atoms with Crippen molar-refractivity contribution in [3.8, 4) is 0 Å². The summed E-state index contributed by atoms with van der Waals surface area (Å²) in [7, 11) is 0. The Hall–Kier alpha value is 0.440. The fraction of sp³-hybridized carbons (Fsp3) is 1.00. The highest BCUT2D eigenvalue weighted by atomic mass is 79.9. The van der Waals surface area contributed by atoms with Crippen LogP contribution in [0.15, 0.2) is 0 Å². The average molecular weight is 205 g/mol. The van der Waals surface area contributed by atoms with E-state index in [1.54, 1.807) is 0 Å². The maximum absolute atomic E-state index is 5.64. The first kappa shape index (κ1) is 7.11. The quantitative estimate of drug-likeness (QED) is 0.597. The van der Waals surface area contributed by atoms with Crippen LogP contribution in [0.5, 0.6) is 0 Å². The van der Waals surface area contributed by atoms with Gasteiger partial charge in [0.25, 0.3) is 0 Å². The highest BCUT2D eigenvalue weighted by Gasteiger charge is 2.46. The first-order chi connectivity index (χ1) is 4.87. The molecule has 0 radical (unpaired) electrons. The molecule has 1 heterocycles. The van der Waals surface area contributed by atoms with Gasteiger partial charge in [-0.2, -0.15) is 0 Å². The molecule has 1 aliphatic heterocycles. The van der Waals surface area contributed by atoms with Crippen LogP contribution < -0.4 is 0 Å². The van der Waals surface area contributed by atoms with Crippen LogP contribution in [0.25, 0.3) is 0 Å². The van der Waals surface area contributed by atoms with Gasteiger partial charge in [-0.1, -0.05) is 22.4 Å². The molecule has 0 unspecified atom stereocenters. The van der Waals surface area contributed by atoms with E-state index in [0.29, 0.717) is 11.5 Å². The molecule has 10 heavy (non-hydrogen) atoms. The Morgan fingerprint density at radius 2 is 2.40 bits per heavy atom. The van der Waals surface area contributed by atoms with Crippen LogP contribution >= 0.6 is 15.9 Å². The Balaban J connectivity index is 2.15. The number of ether oxygens (including phenoxy) is 1. The van der Waals surface area contributed by atoms with E-state index in [2.05, 4.69) is 15.9 Å². The lowest BCUT2D eigenvalue weighted by molar-refractivity contribution is 0.0792. The Bertz CT molecular complexity index is 125. The Labute approximate surface area is 70.3 Å². The lowest BCUT2D eigenvalue weighted by Crippen LogP contribution is -2.26. The lowest BCUT2D eigenvalue weighted by atomic mass is 9.85. The molecule has 1 aliphatic carbocycles. The SMILES string of the molecule is BrC[C@@]12CCC[C@@H]1OCC2. The van der Waals surface area contributed by atoms with Crippen LogP contribution in [0.3, 0.4) is 0 Å². The fourth-order valence-corrected chi connectivity index (χ4v) is 3.20. The monoisotopic (exact) mass is 204 g/mol. The minimum absolute atomic E-state index is 0.542. The van der Waals surface area contributed by atoms with Crippen molar-refractivity contribution in [2.75, 3.05) is 11.9 Å². The second-order valence-corrected chi connectivity index (χ2v) is 4.06. The molecule has 2 rings (SSSR count). The summed E-state index contributed by atoms with van der Waals surface area (Å²) in [6.07, 6.45) is 5.92. The molecular weight excluding hydrogens is 192 g/mol. The zero-order valence-corrected chi connectivity index (χ0v) is 7.69. The maximum Gasteiger partial charge on any atom is 0.0640 e. The Morgan fingerprint density at radius 3 is 3.10 bits per heavy atom. The molecule has 1 saturated heterocycles. The number of rotatable bonds is 1. The maximum atomic E-state index is 5.64. The Kier molecular flexibility index (Phi) is 1.77. The van der Waals surface area contributed by atoms with Gasteiger partial charge in [-0.05, 0) is 19.3 Å². The molecule has 0 aromatic rings. The van der Waals surface area contributed by atoms with Crippen molar-refractivity contribution >= 4 is 15.9 Å². The van der Waals surface area contributed by atoms with E-state index >= 15 is 0 Å². The highest BCUT2D eigenvalue weighted by molar-refractivity contribution is 9.09. The van der Waals surface area contributed by atoms with E-state index in [0.717, 1.165) is 11.9 Å². The predicted molar refractivity (Wildman–Crippen MR) is 44.4 cm³/mol. The van der Waals surface area contributed by atoms with Gasteiger partial charge < -0.3 is 4.74 Å². The van der Waals surface area contributed by atoms with Crippen LogP contribution in [0.4, 0.5) is 0 Å². The Morgan fingerprint density at radius 1 is 1.50 bits per heavy atom. The second kappa shape index (κ2) is 2.49. The van der Waals surface area contributed by atoms with E-state index in [-0.39, 0.29) is 0 Å². The van der Waals surface area contributed by atoms with E-state index in [1.807, 2.05) is 0 Å². The first-order valence-electron chi connectivity index (χ1n) is 4.05. The molecule has 2 atom stereocenters. The molecule has 2 aliphatic rings. The normalized spacial score (nSPS) is 45.9. The van der Waals surface area contributed by atoms with Gasteiger partial charge in [-0.15, -0.1) is 0 Å². The number of halogens is 1. The summed E-state index contributed by atoms with van der Waals surface area (Å²) in [4.78, 5) is 0. The van der Waals surface area contributed by atoms with Gasteiger partial charge >= 0.3 is 0 Å². The molecule has 0 bridgehead atoms. The number of hydrogen-bond acceptors (Lipinski definition) is 1. The summed E-state index contributed by atoms with van der Waals surface area (Å²) in [5.41, 5.74) is 0.542. The number of alkyl halides is 1. The molecule has 1 nitrogen and oxygen atoms in total. The van der Waals surface area contributed by atoms with Gasteiger partial charge in [0.05, 0.1) is 6.10 Å². The molecule has 0 N–H and O–H groups in total. The minimum Gasteiger partial charge on any atom is -0.378 e. The molecule has 0 aromatic carbocycles. The molecule has 0 spiro atoms. The summed E-state index contributed by atoms with van der Waals surface area (Å²) in [5, 5.41) is 1.14. The van der Waals surface area contributed by atoms with Crippen molar-refractivity contribution in [1.82, 2.24) is 0 Å². The van der Waals surface area contributed by atoms with Crippen molar-refractivity contribution in [2.24, 2.45) is 5.41 Å². The van der Waals surface area contributed by atoms with Crippen LogP contribution in [-0.2, 0) is 4.74 Å². The summed E-state index contributed by atoms with van der Waals surface area (Å²) >= 11 is 3.59. The molecule has 0 aromatic heterocycles. The summed E-state index contributed by atoms with van der Waals surface area (Å²) < 4.78 is 5.64. The van der Waals surface area contributed by atoms with E-state index < -0.39 is 0 Å². The van der Waals surface area contributed by atoms with Gasteiger partial charge in [0.2, 0.25) is 0 Å². The van der Waals surface area contributed by atoms with Gasteiger partial charge in [-0.3, -0.25) is 0 Å². The zero-order valence-electron chi connectivity index (χ0n) is 6.11. The van der Waals surface area contributed by atoms with E-state index in [1.165, 1.54) is 25.7 Å². The third kappa shape index (κ3) is 0.850. The van der Waals surface area contributed by atoms with Crippen LogP contribution in [0.1, 0.15) is 25.7 Å². The van der Waals surface area contributed by atoms with Gasteiger partial charge in [0.1, 0.15) is 0 Å². The molecule has 58 valence electrons. The van der Waals surface area contributed by atoms with Gasteiger partial charge in [0.15, 0.2) is 0 Å². The topological polar surface area (TPSA) is 9.23 Å². The van der Waals surface area contributed by atoms with Crippen molar-refractivity contribution in [3.63, 3.8) is 0 Å². The molecule has 1 saturated carbocycles. The number of hydrogen-bond donors (Lipinski definition) is 0. The van der Waals surface area contributed by atoms with E-state index in [9.17, 15) is 0 Å². The smallest absolute Gasteiger partial charge is 0.0640 e. The minimum atomic E-state index is 0.542. The lowest BCUT2D eigenvalue weighted by Gasteiger charge is -2.24. The van der Waals surface area contributed by atoms with Gasteiger partial charge in [0, 0.05) is 17.4 Å². The van der Waals surface area contributed by atoms with Crippen molar-refractivity contribution in [1.29, 1.82) is 0 Å². The molecular formula is C8H13BrO. The third-order valence-corrected chi connectivity index (χ3v) is 4.13. The van der Waals surface area contributed by atoms with Gasteiger partial charge in [-0.25, -0.2) is 0 Å².